The lowest BCUT2D eigenvalue weighted by atomic mass is 9.88. The van der Waals surface area contributed by atoms with Crippen molar-refractivity contribution >= 4 is 54.4 Å². The second-order valence-corrected chi connectivity index (χ2v) is 15.5. The second kappa shape index (κ2) is 14.3. The molecular weight excluding hydrogens is 743 g/mol. The fourth-order valence-electron chi connectivity index (χ4n) is 9.06. The van der Waals surface area contributed by atoms with E-state index in [2.05, 4.69) is 188 Å². The van der Waals surface area contributed by atoms with Gasteiger partial charge in [-0.25, -0.2) is 15.0 Å². The van der Waals surface area contributed by atoms with Crippen LogP contribution in [0.1, 0.15) is 0 Å². The Morgan fingerprint density at radius 3 is 1.51 bits per heavy atom. The summed E-state index contributed by atoms with van der Waals surface area (Å²) >= 11 is 0. The van der Waals surface area contributed by atoms with Crippen molar-refractivity contribution in [3.05, 3.63) is 212 Å². The molecule has 61 heavy (non-hydrogen) atoms. The highest BCUT2D eigenvalue weighted by molar-refractivity contribution is 6.27. The molecule has 0 spiro atoms. The maximum absolute atomic E-state index is 6.64. The van der Waals surface area contributed by atoms with Crippen LogP contribution in [0.2, 0.25) is 0 Å². The molecule has 3 heterocycles. The molecule has 0 N–H and O–H groups in total. The summed E-state index contributed by atoms with van der Waals surface area (Å²) < 4.78 is 6.64. The molecule has 0 atom stereocenters. The van der Waals surface area contributed by atoms with E-state index in [0.29, 0.717) is 5.82 Å². The summed E-state index contributed by atoms with van der Waals surface area (Å²) in [7, 11) is 0. The van der Waals surface area contributed by atoms with Gasteiger partial charge in [0, 0.05) is 54.7 Å². The van der Waals surface area contributed by atoms with Crippen LogP contribution in [0.5, 0.6) is 0 Å². The van der Waals surface area contributed by atoms with Crippen molar-refractivity contribution in [3.8, 4) is 67.4 Å². The fourth-order valence-corrected chi connectivity index (χ4v) is 9.06. The summed E-state index contributed by atoms with van der Waals surface area (Å²) in [4.78, 5) is 15.6. The molecule has 9 aromatic carbocycles. The predicted molar refractivity (Wildman–Crippen MR) is 252 cm³/mol. The SMILES string of the molecule is c1ccc(-c2cc(-c3ccccc3)nc(-c3ccc(-c4ccc(-c5c6c(cc7c(-c8ccccc8)nc8ccccc8c57)oc5ccccc56)cc4)c4ccccc34)n2)cc1. The second-order valence-electron chi connectivity index (χ2n) is 15.5. The molecule has 0 saturated carbocycles. The van der Waals surface area contributed by atoms with E-state index in [9.17, 15) is 0 Å². The van der Waals surface area contributed by atoms with E-state index < -0.39 is 0 Å². The monoisotopic (exact) mass is 777 g/mol. The van der Waals surface area contributed by atoms with E-state index in [1.807, 2.05) is 24.3 Å². The van der Waals surface area contributed by atoms with Crippen molar-refractivity contribution in [1.82, 2.24) is 15.0 Å². The molecular formula is C57H35N3O. The van der Waals surface area contributed by atoms with Crippen LogP contribution < -0.4 is 0 Å². The maximum Gasteiger partial charge on any atom is 0.161 e. The third-order valence-electron chi connectivity index (χ3n) is 11.9. The van der Waals surface area contributed by atoms with Gasteiger partial charge in [0.15, 0.2) is 5.82 Å². The molecule has 0 radical (unpaired) electrons. The number of rotatable bonds is 6. The molecule has 0 aliphatic heterocycles. The minimum Gasteiger partial charge on any atom is -0.456 e. The minimum absolute atomic E-state index is 0.696. The zero-order chi connectivity index (χ0) is 40.3. The molecule has 12 aromatic rings. The summed E-state index contributed by atoms with van der Waals surface area (Å²) in [5, 5.41) is 7.77. The standard InChI is InChI=1S/C57H35N3O/c1-4-16-37(17-5-1)49-35-50(38-18-6-2-7-19-38)60-57(59-49)44-33-32-41(42-22-10-11-23-43(42)44)36-28-30-39(31-29-36)53-54-45-24-12-14-26-48(45)58-56(40-20-8-3-9-21-40)47(54)34-52-55(53)46-25-13-15-27-51(46)61-52/h1-35H. The summed E-state index contributed by atoms with van der Waals surface area (Å²) in [6.45, 7) is 0. The molecule has 284 valence electrons. The van der Waals surface area contributed by atoms with Gasteiger partial charge in [-0.15, -0.1) is 0 Å². The zero-order valence-corrected chi connectivity index (χ0v) is 33.0. The van der Waals surface area contributed by atoms with Crippen molar-refractivity contribution in [2.45, 2.75) is 0 Å². The van der Waals surface area contributed by atoms with Gasteiger partial charge in [-0.05, 0) is 57.8 Å². The van der Waals surface area contributed by atoms with Gasteiger partial charge in [0.2, 0.25) is 0 Å². The van der Waals surface area contributed by atoms with Gasteiger partial charge < -0.3 is 4.42 Å². The summed E-state index contributed by atoms with van der Waals surface area (Å²) in [5.41, 5.74) is 14.1. The zero-order valence-electron chi connectivity index (χ0n) is 33.0. The quantitative estimate of drug-likeness (QED) is 0.158. The fraction of sp³-hybridized carbons (Fsp3) is 0. The number of para-hydroxylation sites is 2. The molecule has 3 aromatic heterocycles. The van der Waals surface area contributed by atoms with Crippen LogP contribution in [0.3, 0.4) is 0 Å². The first kappa shape index (κ1) is 34.8. The van der Waals surface area contributed by atoms with Crippen molar-refractivity contribution in [3.63, 3.8) is 0 Å². The van der Waals surface area contributed by atoms with Crippen LogP contribution in [0, 0.1) is 0 Å². The van der Waals surface area contributed by atoms with E-state index in [1.54, 1.807) is 0 Å². The van der Waals surface area contributed by atoms with E-state index in [1.165, 1.54) is 5.39 Å². The van der Waals surface area contributed by atoms with Gasteiger partial charge in [0.25, 0.3) is 0 Å². The molecule has 0 saturated heterocycles. The van der Waals surface area contributed by atoms with Gasteiger partial charge in [0.05, 0.1) is 22.6 Å². The molecule has 0 fully saturated rings. The molecule has 0 bridgehead atoms. The highest BCUT2D eigenvalue weighted by atomic mass is 16.3. The van der Waals surface area contributed by atoms with Crippen LogP contribution >= 0.6 is 0 Å². The van der Waals surface area contributed by atoms with Crippen LogP contribution in [0.4, 0.5) is 0 Å². The smallest absolute Gasteiger partial charge is 0.161 e. The topological polar surface area (TPSA) is 51.8 Å². The van der Waals surface area contributed by atoms with Gasteiger partial charge >= 0.3 is 0 Å². The number of fused-ring (bicyclic) bond motifs is 7. The molecule has 0 aliphatic carbocycles. The predicted octanol–water partition coefficient (Wildman–Crippen LogP) is 15.2. The van der Waals surface area contributed by atoms with Crippen LogP contribution in [-0.4, -0.2) is 15.0 Å². The normalized spacial score (nSPS) is 11.6. The molecule has 4 heteroatoms. The largest absolute Gasteiger partial charge is 0.456 e. The number of pyridine rings is 1. The first-order valence-electron chi connectivity index (χ1n) is 20.6. The number of furan rings is 1. The Morgan fingerprint density at radius 1 is 0.311 bits per heavy atom. The summed E-state index contributed by atoms with van der Waals surface area (Å²) in [6, 6.07) is 74.3. The number of nitrogens with zero attached hydrogens (tertiary/aromatic N) is 3. The van der Waals surface area contributed by atoms with E-state index in [4.69, 9.17) is 19.4 Å². The lowest BCUT2D eigenvalue weighted by Gasteiger charge is -2.16. The van der Waals surface area contributed by atoms with Crippen molar-refractivity contribution in [2.75, 3.05) is 0 Å². The summed E-state index contributed by atoms with van der Waals surface area (Å²) in [5.74, 6) is 0.696. The highest BCUT2D eigenvalue weighted by Crippen LogP contribution is 2.47. The Hall–Kier alpha value is -8.21. The Morgan fingerprint density at radius 2 is 0.836 bits per heavy atom. The first-order chi connectivity index (χ1) is 30.2. The average molecular weight is 778 g/mol. The molecule has 0 amide bonds. The third kappa shape index (κ3) is 5.88. The van der Waals surface area contributed by atoms with Gasteiger partial charge in [-0.1, -0.05) is 182 Å². The van der Waals surface area contributed by atoms with Crippen molar-refractivity contribution < 1.29 is 4.42 Å². The Bertz CT molecular complexity index is 3560. The van der Waals surface area contributed by atoms with Crippen LogP contribution in [-0.2, 0) is 0 Å². The molecule has 0 unspecified atom stereocenters. The van der Waals surface area contributed by atoms with Gasteiger partial charge in [-0.2, -0.15) is 0 Å². The number of hydrogen-bond acceptors (Lipinski definition) is 4. The van der Waals surface area contributed by atoms with Crippen LogP contribution in [0.25, 0.3) is 122 Å². The highest BCUT2D eigenvalue weighted by Gasteiger charge is 2.22. The number of aromatic nitrogens is 3. The lowest BCUT2D eigenvalue weighted by molar-refractivity contribution is 0.669. The van der Waals surface area contributed by atoms with E-state index >= 15 is 0 Å². The van der Waals surface area contributed by atoms with Crippen LogP contribution in [0.15, 0.2) is 217 Å². The Kier molecular flexibility index (Phi) is 8.13. The van der Waals surface area contributed by atoms with Gasteiger partial charge in [0.1, 0.15) is 11.2 Å². The molecule has 0 aliphatic rings. The molecule has 4 nitrogen and oxygen atoms in total. The Labute approximate surface area is 352 Å². The van der Waals surface area contributed by atoms with E-state index in [0.717, 1.165) is 111 Å². The molecule has 12 rings (SSSR count). The number of hydrogen-bond donors (Lipinski definition) is 0. The van der Waals surface area contributed by atoms with Crippen molar-refractivity contribution in [1.29, 1.82) is 0 Å². The number of benzene rings is 9. The Balaban J connectivity index is 1.05. The first-order valence-corrected chi connectivity index (χ1v) is 20.6. The lowest BCUT2D eigenvalue weighted by Crippen LogP contribution is -1.97. The van der Waals surface area contributed by atoms with Crippen molar-refractivity contribution in [2.24, 2.45) is 0 Å². The average Bonchev–Trinajstić information content (AvgIpc) is 3.72. The van der Waals surface area contributed by atoms with Gasteiger partial charge in [-0.3, -0.25) is 0 Å². The van der Waals surface area contributed by atoms with E-state index in [-0.39, 0.29) is 0 Å². The summed E-state index contributed by atoms with van der Waals surface area (Å²) in [6.07, 6.45) is 0. The maximum atomic E-state index is 6.64. The minimum atomic E-state index is 0.696. The third-order valence-corrected chi connectivity index (χ3v) is 11.9.